The lowest BCUT2D eigenvalue weighted by atomic mass is 9.75. The second-order valence-corrected chi connectivity index (χ2v) is 37.3. The van der Waals surface area contributed by atoms with Crippen molar-refractivity contribution < 1.29 is 88.8 Å². The number of ketones is 3. The van der Waals surface area contributed by atoms with Crippen LogP contribution in [-0.4, -0.2) is 175 Å². The molecule has 6 heterocycles. The maximum absolute atomic E-state index is 14.5. The number of aliphatic carboxylic acids is 1. The van der Waals surface area contributed by atoms with Gasteiger partial charge in [-0.15, -0.1) is 19.6 Å². The molecular formula is C85H116N6O19S2. The lowest BCUT2D eigenvalue weighted by Gasteiger charge is -2.35. The summed E-state index contributed by atoms with van der Waals surface area (Å²) >= 11 is 0. The summed E-state index contributed by atoms with van der Waals surface area (Å²) in [5.41, 5.74) is 3.51. The van der Waals surface area contributed by atoms with E-state index >= 15 is 0 Å². The third-order valence-electron chi connectivity index (χ3n) is 22.9. The first-order valence-corrected chi connectivity index (χ1v) is 41.3. The van der Waals surface area contributed by atoms with Crippen LogP contribution in [0.5, 0.6) is 0 Å². The number of nitrogens with zero attached hydrogens (tertiary/aromatic N) is 4. The molecule has 10 aliphatic rings. The number of carbonyl (C=O) groups excluding carboxylic acids is 9. The Balaban J connectivity index is 0.000000247. The van der Waals surface area contributed by atoms with E-state index in [2.05, 4.69) is 64.3 Å². The molecule has 2 saturated heterocycles. The van der Waals surface area contributed by atoms with Crippen LogP contribution >= 0.6 is 0 Å². The van der Waals surface area contributed by atoms with Crippen LogP contribution in [-0.2, 0) is 116 Å². The topological polar surface area (TPSA) is 333 Å². The first-order valence-electron chi connectivity index (χ1n) is 38.2. The van der Waals surface area contributed by atoms with Gasteiger partial charge in [-0.2, -0.15) is 0 Å². The van der Waals surface area contributed by atoms with Crippen LogP contribution in [0.4, 0.5) is 9.59 Å². The number of aryl methyl sites for hydroxylation is 2. The van der Waals surface area contributed by atoms with Gasteiger partial charge in [-0.25, -0.2) is 31.2 Å². The van der Waals surface area contributed by atoms with Gasteiger partial charge in [0.05, 0.1) is 53.7 Å². The highest BCUT2D eigenvalue weighted by Crippen LogP contribution is 2.57. The number of hydrogen-bond acceptors (Lipinski definition) is 18. The van der Waals surface area contributed by atoms with Crippen LogP contribution in [0, 0.1) is 93.2 Å². The zero-order valence-corrected chi connectivity index (χ0v) is 66.8. The summed E-state index contributed by atoms with van der Waals surface area (Å²) in [6, 6.07) is 9.92. The molecule has 612 valence electrons. The molecule has 12 atom stereocenters. The second kappa shape index (κ2) is 37.5. The Morgan fingerprint density at radius 1 is 0.625 bits per heavy atom. The van der Waals surface area contributed by atoms with Crippen molar-refractivity contribution in [3.05, 3.63) is 95.1 Å². The normalized spacial score (nSPS) is 28.0. The molecule has 27 heteroatoms. The molecule has 4 saturated carbocycles. The largest absolute Gasteiger partial charge is 0.480 e. The third kappa shape index (κ3) is 22.2. The number of rotatable bonds is 12. The molecule has 112 heavy (non-hydrogen) atoms. The first-order chi connectivity index (χ1) is 51.8. The van der Waals surface area contributed by atoms with E-state index in [1.165, 1.54) is 9.80 Å². The van der Waals surface area contributed by atoms with E-state index in [9.17, 15) is 69.9 Å². The Morgan fingerprint density at radius 2 is 1.05 bits per heavy atom. The molecule has 0 aromatic heterocycles. The van der Waals surface area contributed by atoms with Gasteiger partial charge in [0.15, 0.2) is 5.78 Å². The van der Waals surface area contributed by atoms with Crippen molar-refractivity contribution in [3.8, 4) is 36.0 Å². The summed E-state index contributed by atoms with van der Waals surface area (Å²) in [5, 5.41) is 8.92. The van der Waals surface area contributed by atoms with Crippen molar-refractivity contribution >= 4 is 79.2 Å². The van der Waals surface area contributed by atoms with Gasteiger partial charge in [-0.1, -0.05) is 132 Å². The first kappa shape index (κ1) is 90.5. The number of terminal acetylenes is 1. The van der Waals surface area contributed by atoms with Gasteiger partial charge in [-0.05, 0) is 151 Å². The molecule has 6 aliphatic heterocycles. The SMILES string of the molecule is C.C.C#CC#CC#CC.C=C[C@@H]1C[C@]1(C)C(=O)NS(=O)(=O)C1CC1.C=C[C@@H]1C[C@]1(CC(=O)[C@@H]1C[C@@H]2CN1C(=O)[C@H](C(C)(C)C)CC(=O)[C@@H](C)COCCCc1cccc3c1CN(C3)C(=O)O2)C(=O)NS(=O)(=O)C1CC1.C[C@H]1COCCCc2cccc3c2CN(C3)C(=O)O[C@@H]2C[C@@H](C(=O)O)N(C2)C(=O)[C@H](C(C)(C)C)CC1=O. The Hall–Kier alpha value is -8.68. The zero-order valence-electron chi connectivity index (χ0n) is 65.1. The smallest absolute Gasteiger partial charge is 0.410 e. The molecule has 3 N–H and O–H groups in total. The number of carbonyl (C=O) groups is 10. The van der Waals surface area contributed by atoms with E-state index in [0.717, 1.165) is 59.1 Å². The predicted molar refractivity (Wildman–Crippen MR) is 422 cm³/mol. The maximum Gasteiger partial charge on any atom is 0.410 e. The van der Waals surface area contributed by atoms with Gasteiger partial charge in [0, 0.05) is 95.2 Å². The number of nitrogens with one attached hydrogen (secondary N) is 2. The Bertz CT molecular complexity index is 4330. The van der Waals surface area contributed by atoms with Crippen LogP contribution in [0.25, 0.3) is 0 Å². The monoisotopic (exact) mass is 1590 g/mol. The highest BCUT2D eigenvalue weighted by Gasteiger charge is 2.62. The quantitative estimate of drug-likeness (QED) is 0.131. The van der Waals surface area contributed by atoms with Crippen molar-refractivity contribution in [1.29, 1.82) is 0 Å². The van der Waals surface area contributed by atoms with E-state index in [0.29, 0.717) is 71.5 Å². The molecule has 0 spiro atoms. The van der Waals surface area contributed by atoms with Crippen molar-refractivity contribution in [1.82, 2.24) is 29.0 Å². The fourth-order valence-corrected chi connectivity index (χ4v) is 18.1. The Morgan fingerprint density at radius 3 is 1.45 bits per heavy atom. The van der Waals surface area contributed by atoms with Gasteiger partial charge in [-0.3, -0.25) is 52.8 Å². The number of carboxylic acid groups (broad SMARTS) is 1. The number of benzene rings is 2. The predicted octanol–water partition coefficient (Wildman–Crippen LogP) is 10.2. The molecule has 0 radical (unpaired) electrons. The molecule has 4 aliphatic carbocycles. The van der Waals surface area contributed by atoms with Crippen molar-refractivity contribution in [3.63, 3.8) is 0 Å². The van der Waals surface area contributed by atoms with Gasteiger partial charge >= 0.3 is 18.2 Å². The van der Waals surface area contributed by atoms with E-state index in [-0.39, 0.29) is 114 Å². The van der Waals surface area contributed by atoms with Crippen molar-refractivity contribution in [2.24, 2.45) is 57.2 Å². The minimum atomic E-state index is -3.85. The third-order valence-corrected chi connectivity index (χ3v) is 26.6. The summed E-state index contributed by atoms with van der Waals surface area (Å²) in [4.78, 5) is 139. The molecule has 6 fully saturated rings. The lowest BCUT2D eigenvalue weighted by Crippen LogP contribution is -2.49. The molecule has 2 aromatic rings. The molecule has 8 bridgehead atoms. The van der Waals surface area contributed by atoms with Gasteiger partial charge in [0.25, 0.3) is 0 Å². The van der Waals surface area contributed by atoms with Crippen LogP contribution < -0.4 is 9.44 Å². The average molecular weight is 1590 g/mol. The average Bonchev–Trinajstić information content (AvgIpc) is 1.58. The summed E-state index contributed by atoms with van der Waals surface area (Å²) < 4.78 is 76.3. The Labute approximate surface area is 662 Å². The van der Waals surface area contributed by atoms with E-state index in [1.807, 2.05) is 65.8 Å². The number of carboxylic acids is 1. The number of sulfonamides is 2. The second-order valence-electron chi connectivity index (χ2n) is 33.4. The maximum atomic E-state index is 14.5. The highest BCUT2D eigenvalue weighted by atomic mass is 32.2. The van der Waals surface area contributed by atoms with Crippen LogP contribution in [0.1, 0.15) is 201 Å². The standard InChI is InChI=1S/C38H51N3O9S.C28H38N2O7.C10H15NO3S.C7H4.2CH4/c1-6-26-17-38(26,35(45)39-51(47,48)28-12-13-28)18-33(43)31-15-27-20-41(31)34(44)30(37(3,4)5)16-32(42)23(2)22-49-14-8-11-24-9-7-10-25-19-40(21-29(24)25)36(46)50-27;1-17-16-36-10-6-9-18-7-5-8-19-13-29(15-21(18)19)27(35)37-20-11-23(26(33)34)30(14-20)25(32)22(12-24(17)31)28(2,3)4;1-3-7-6-10(7,2)9(12)11-15(13,14)8-4-5-8;1-3-5-7-6-4-2;;/h6-7,9-10,23,26-28,30-31H,1,8,11-22H2,2-5H3,(H,39,45);5,7-8,17,20,22-23H,6,9-16H2,1-4H3,(H,33,34);3,7-8H,1,4-6H2,2H3,(H,11,12);1H,2H3;2*1H4/t23-,26+,27+,30+,31-,38+;17-,20+,22+,23-;7-,10+;;;/m001.../s1. The summed E-state index contributed by atoms with van der Waals surface area (Å²) in [6.45, 7) is 28.8. The van der Waals surface area contributed by atoms with Crippen LogP contribution in [0.2, 0.25) is 0 Å². The molecule has 2 aromatic carbocycles. The molecular weight excluding hydrogens is 1470 g/mol. The lowest BCUT2D eigenvalue weighted by molar-refractivity contribution is -0.152. The molecule has 6 amide bonds. The van der Waals surface area contributed by atoms with E-state index in [1.54, 1.807) is 49.6 Å². The van der Waals surface area contributed by atoms with Gasteiger partial charge in [0.2, 0.25) is 43.7 Å². The van der Waals surface area contributed by atoms with Gasteiger partial charge < -0.3 is 33.9 Å². The molecule has 25 nitrogen and oxygen atoms in total. The summed E-state index contributed by atoms with van der Waals surface area (Å²) in [6.07, 6.45) is 11.5. The highest BCUT2D eigenvalue weighted by molar-refractivity contribution is 7.91. The van der Waals surface area contributed by atoms with Gasteiger partial charge in [0.1, 0.15) is 29.8 Å². The van der Waals surface area contributed by atoms with Crippen LogP contribution in [0.15, 0.2) is 61.7 Å². The fourth-order valence-electron chi connectivity index (χ4n) is 15.3. The fraction of sp³-hybridized carbons (Fsp3) is 0.624. The van der Waals surface area contributed by atoms with E-state index < -0.39 is 137 Å². The van der Waals surface area contributed by atoms with Crippen molar-refractivity contribution in [2.45, 2.75) is 241 Å². The minimum absolute atomic E-state index is 0. The molecule has 12 rings (SSSR count). The number of amides is 6. The zero-order chi connectivity index (χ0) is 80.6. The molecule has 0 unspecified atom stereocenters. The number of hydrogen-bond donors (Lipinski definition) is 3. The summed E-state index contributed by atoms with van der Waals surface area (Å²) in [7, 11) is -7.25. The number of ether oxygens (including phenoxy) is 4. The number of fused-ring (bicyclic) bond motifs is 6. The summed E-state index contributed by atoms with van der Waals surface area (Å²) in [5.74, 6) is 5.73. The number of Topliss-reactive ketones (excluding diaryl/α,β-unsaturated/α-hetero) is 3. The van der Waals surface area contributed by atoms with E-state index in [4.69, 9.17) is 25.4 Å². The minimum Gasteiger partial charge on any atom is -0.480 e. The number of allylic oxidation sites excluding steroid dienone is 2. The Kier molecular flexibility index (Phi) is 30.3. The van der Waals surface area contributed by atoms with Crippen LogP contribution in [0.3, 0.4) is 0 Å². The van der Waals surface area contributed by atoms with Crippen molar-refractivity contribution in [2.75, 3.05) is 39.5 Å².